The summed E-state index contributed by atoms with van der Waals surface area (Å²) in [5.74, 6) is 0.322. The van der Waals surface area contributed by atoms with Crippen LogP contribution in [-0.2, 0) is 14.8 Å². The monoisotopic (exact) mass is 519 g/mol. The fraction of sp³-hybridized carbons (Fsp3) is 0.565. The molecule has 0 radical (unpaired) electrons. The molecule has 2 aromatic rings. The Balaban J connectivity index is 0.00000193. The molecule has 7 nitrogen and oxygen atoms in total. The maximum absolute atomic E-state index is 13.2. The van der Waals surface area contributed by atoms with Crippen LogP contribution in [0.5, 0.6) is 5.75 Å². The third-order valence-corrected chi connectivity index (χ3v) is 8.46. The minimum atomic E-state index is -3.38. The number of sulfonamides is 1. The average Bonchev–Trinajstić information content (AvgIpc) is 3.27. The van der Waals surface area contributed by atoms with Gasteiger partial charge in [0.2, 0.25) is 10.0 Å². The molecule has 0 amide bonds. The lowest BCUT2D eigenvalue weighted by molar-refractivity contribution is -0.909. The Labute approximate surface area is 209 Å². The molecule has 0 spiro atoms. The number of nitrogens with one attached hydrogen (secondary N) is 1. The number of phenolic OH excluding ortho intramolecular Hbond substituents is 1. The van der Waals surface area contributed by atoms with Crippen molar-refractivity contribution in [3.8, 4) is 5.75 Å². The quantitative estimate of drug-likeness (QED) is 0.288. The molecule has 0 saturated carbocycles. The van der Waals surface area contributed by atoms with Gasteiger partial charge in [0.25, 0.3) is 0 Å². The molecule has 4 rings (SSSR count). The molecule has 2 aliphatic heterocycles. The summed E-state index contributed by atoms with van der Waals surface area (Å²) in [6, 6.07) is 11.1. The van der Waals surface area contributed by atoms with Gasteiger partial charge in [0.1, 0.15) is 24.6 Å². The molecule has 1 atom stereocenters. The average molecular weight is 521 g/mol. The smallest absolute Gasteiger partial charge is 0.220 e. The molecule has 10 heteroatoms. The second kappa shape index (κ2) is 13.1. The Hall–Kier alpha value is -1.13. The first kappa shape index (κ1) is 28.1. The van der Waals surface area contributed by atoms with Crippen LogP contribution < -0.4 is 35.0 Å². The second-order valence-corrected chi connectivity index (χ2v) is 10.7. The SMILES string of the molecule is O=S(=O)(CC[NH2+]CCC[NH+]1CCOCC1)N1CCCC1c1c(O)ccc2ccccc12.[Cl-].[Cl-]. The number of halogens is 2. The van der Waals surface area contributed by atoms with Crippen molar-refractivity contribution in [3.63, 3.8) is 0 Å². The number of phenols is 1. The predicted octanol–water partition coefficient (Wildman–Crippen LogP) is -6.11. The van der Waals surface area contributed by atoms with Crippen LogP contribution in [0.2, 0.25) is 0 Å². The van der Waals surface area contributed by atoms with Crippen LogP contribution >= 0.6 is 0 Å². The van der Waals surface area contributed by atoms with Crippen molar-refractivity contribution in [2.24, 2.45) is 0 Å². The number of nitrogens with zero attached hydrogens (tertiary/aromatic N) is 1. The summed E-state index contributed by atoms with van der Waals surface area (Å²) >= 11 is 0. The van der Waals surface area contributed by atoms with E-state index in [0.29, 0.717) is 13.1 Å². The summed E-state index contributed by atoms with van der Waals surface area (Å²) in [4.78, 5) is 1.59. The third kappa shape index (κ3) is 6.94. The molecule has 0 aliphatic carbocycles. The summed E-state index contributed by atoms with van der Waals surface area (Å²) in [5.41, 5.74) is 0.747. The van der Waals surface area contributed by atoms with Crippen LogP contribution in [-0.4, -0.2) is 76.1 Å². The molecule has 186 valence electrons. The van der Waals surface area contributed by atoms with Gasteiger partial charge in [-0.05, 0) is 29.7 Å². The van der Waals surface area contributed by atoms with E-state index in [1.165, 1.54) is 0 Å². The van der Waals surface area contributed by atoms with Crippen molar-refractivity contribution in [1.29, 1.82) is 0 Å². The van der Waals surface area contributed by atoms with Crippen molar-refractivity contribution < 1.29 is 53.3 Å². The predicted molar refractivity (Wildman–Crippen MR) is 121 cm³/mol. The summed E-state index contributed by atoms with van der Waals surface area (Å²) in [5, 5.41) is 14.7. The van der Waals surface area contributed by atoms with E-state index in [9.17, 15) is 13.5 Å². The van der Waals surface area contributed by atoms with Crippen molar-refractivity contribution >= 4 is 20.8 Å². The molecule has 2 fully saturated rings. The molecule has 2 heterocycles. The maximum atomic E-state index is 13.2. The molecular formula is C23H35Cl2N3O4S. The lowest BCUT2D eigenvalue weighted by Crippen LogP contribution is -3.14. The van der Waals surface area contributed by atoms with Crippen LogP contribution in [0.1, 0.15) is 30.9 Å². The Bertz CT molecular complexity index is 987. The molecule has 4 N–H and O–H groups in total. The molecule has 2 aromatic carbocycles. The van der Waals surface area contributed by atoms with E-state index in [2.05, 4.69) is 5.32 Å². The second-order valence-electron chi connectivity index (χ2n) is 8.64. The molecular weight excluding hydrogens is 485 g/mol. The first-order valence-electron chi connectivity index (χ1n) is 11.5. The number of nitrogens with two attached hydrogens (primary N) is 1. The molecule has 0 aromatic heterocycles. The summed E-state index contributed by atoms with van der Waals surface area (Å²) in [6.45, 7) is 7.02. The van der Waals surface area contributed by atoms with Crippen molar-refractivity contribution in [3.05, 3.63) is 42.0 Å². The Morgan fingerprint density at radius 2 is 1.85 bits per heavy atom. The highest BCUT2D eigenvalue weighted by atomic mass is 35.5. The third-order valence-electron chi connectivity index (χ3n) is 6.56. The van der Waals surface area contributed by atoms with Crippen molar-refractivity contribution in [2.75, 3.05) is 58.2 Å². The van der Waals surface area contributed by atoms with Crippen LogP contribution in [0.15, 0.2) is 36.4 Å². The largest absolute Gasteiger partial charge is 1.00 e. The number of benzene rings is 2. The summed E-state index contributed by atoms with van der Waals surface area (Å²) in [7, 11) is -3.38. The molecule has 2 saturated heterocycles. The Morgan fingerprint density at radius 3 is 2.64 bits per heavy atom. The topological polar surface area (TPSA) is 87.9 Å². The van der Waals surface area contributed by atoms with Crippen LogP contribution in [0.4, 0.5) is 0 Å². The van der Waals surface area contributed by atoms with Gasteiger partial charge >= 0.3 is 0 Å². The molecule has 2 aliphatic rings. The minimum Gasteiger partial charge on any atom is -1.00 e. The first-order chi connectivity index (χ1) is 15.1. The number of ether oxygens (including phenoxy) is 1. The standard InChI is InChI=1S/C23H33N3O4S.2ClH/c27-22-9-8-19-5-1-2-6-20(19)23(22)21-7-3-13-26(21)31(28,29)18-11-24-10-4-12-25-14-16-30-17-15-25;;/h1-2,5-6,8-9,21,24,27H,3-4,7,10-18H2;2*1H. The number of rotatable bonds is 9. The fourth-order valence-corrected chi connectivity index (χ4v) is 6.60. The van der Waals surface area contributed by atoms with Crippen molar-refractivity contribution in [1.82, 2.24) is 4.31 Å². The highest BCUT2D eigenvalue weighted by molar-refractivity contribution is 7.89. The lowest BCUT2D eigenvalue weighted by atomic mass is 9.97. The van der Waals surface area contributed by atoms with E-state index in [-0.39, 0.29) is 42.4 Å². The molecule has 0 bridgehead atoms. The van der Waals surface area contributed by atoms with Gasteiger partial charge in [-0.3, -0.25) is 0 Å². The van der Waals surface area contributed by atoms with Crippen LogP contribution in [0, 0.1) is 0 Å². The Kier molecular flexibility index (Phi) is 11.2. The normalized spacial score (nSPS) is 19.8. The van der Waals surface area contributed by atoms with Gasteiger partial charge in [-0.15, -0.1) is 0 Å². The molecule has 1 unspecified atom stereocenters. The van der Waals surface area contributed by atoms with E-state index < -0.39 is 10.0 Å². The minimum absolute atomic E-state index is 0. The van der Waals surface area contributed by atoms with Crippen LogP contribution in [0.3, 0.4) is 0 Å². The number of hydrogen-bond donors (Lipinski definition) is 3. The number of fused-ring (bicyclic) bond motifs is 1. The highest BCUT2D eigenvalue weighted by Crippen LogP contribution is 2.42. The number of quaternary nitrogens is 2. The van der Waals surface area contributed by atoms with Crippen LogP contribution in [0.25, 0.3) is 10.8 Å². The zero-order valence-electron chi connectivity index (χ0n) is 18.9. The van der Waals surface area contributed by atoms with E-state index in [4.69, 9.17) is 4.74 Å². The fourth-order valence-electron chi connectivity index (χ4n) is 4.90. The zero-order chi connectivity index (χ0) is 21.7. The summed E-state index contributed by atoms with van der Waals surface area (Å²) < 4.78 is 33.3. The van der Waals surface area contributed by atoms with Gasteiger partial charge in [0.05, 0.1) is 38.9 Å². The number of aromatic hydroxyl groups is 1. The van der Waals surface area contributed by atoms with Crippen molar-refractivity contribution in [2.45, 2.75) is 25.3 Å². The van der Waals surface area contributed by atoms with Gasteiger partial charge in [0, 0.05) is 18.5 Å². The van der Waals surface area contributed by atoms with E-state index in [1.54, 1.807) is 15.3 Å². The lowest BCUT2D eigenvalue weighted by Gasteiger charge is -2.26. The molecule has 33 heavy (non-hydrogen) atoms. The number of hydrogen-bond acceptors (Lipinski definition) is 4. The maximum Gasteiger partial charge on any atom is 0.220 e. The van der Waals surface area contributed by atoms with Gasteiger partial charge in [-0.1, -0.05) is 30.3 Å². The van der Waals surface area contributed by atoms with E-state index in [0.717, 1.165) is 75.0 Å². The van der Waals surface area contributed by atoms with Gasteiger partial charge in [-0.2, -0.15) is 4.31 Å². The van der Waals surface area contributed by atoms with E-state index >= 15 is 0 Å². The van der Waals surface area contributed by atoms with Gasteiger partial charge in [-0.25, -0.2) is 8.42 Å². The Morgan fingerprint density at radius 1 is 1.09 bits per heavy atom. The highest BCUT2D eigenvalue weighted by Gasteiger charge is 2.37. The van der Waals surface area contributed by atoms with Gasteiger partial charge < -0.3 is 44.9 Å². The first-order valence-corrected chi connectivity index (χ1v) is 13.1. The zero-order valence-corrected chi connectivity index (χ0v) is 21.2. The summed E-state index contributed by atoms with van der Waals surface area (Å²) in [6.07, 6.45) is 2.65. The van der Waals surface area contributed by atoms with Gasteiger partial charge in [0.15, 0.2) is 0 Å². The number of morpholine rings is 1. The van der Waals surface area contributed by atoms with E-state index in [1.807, 2.05) is 30.3 Å².